The summed E-state index contributed by atoms with van der Waals surface area (Å²) in [6.45, 7) is 5.83. The summed E-state index contributed by atoms with van der Waals surface area (Å²) in [5.74, 6) is -0.158. The predicted octanol–water partition coefficient (Wildman–Crippen LogP) is 3.35. The second-order valence-electron chi connectivity index (χ2n) is 6.74. The van der Waals surface area contributed by atoms with E-state index in [0.717, 1.165) is 11.1 Å². The van der Waals surface area contributed by atoms with E-state index in [-0.39, 0.29) is 29.4 Å². The molecule has 2 aromatic rings. The fourth-order valence-electron chi connectivity index (χ4n) is 3.06. The molecule has 1 fully saturated rings. The number of morpholine rings is 1. The Hall–Kier alpha value is -2.02. The normalized spacial score (nSPS) is 21.5. The number of hydrogen-bond donors (Lipinski definition) is 0. The first kappa shape index (κ1) is 18.8. The second kappa shape index (κ2) is 7.31. The molecule has 0 aromatic heterocycles. The molecule has 0 radical (unpaired) electrons. The van der Waals surface area contributed by atoms with Crippen molar-refractivity contribution in [2.24, 2.45) is 0 Å². The van der Waals surface area contributed by atoms with E-state index < -0.39 is 10.0 Å². The third-order valence-electron chi connectivity index (χ3n) is 4.67. The summed E-state index contributed by atoms with van der Waals surface area (Å²) in [5.41, 5.74) is 2.49. The van der Waals surface area contributed by atoms with Crippen molar-refractivity contribution in [3.05, 3.63) is 65.2 Å². The Morgan fingerprint density at radius 1 is 1.15 bits per heavy atom. The number of nitrogens with zero attached hydrogens (tertiary/aromatic N) is 1. The smallest absolute Gasteiger partial charge is 0.243 e. The van der Waals surface area contributed by atoms with Crippen LogP contribution in [0.5, 0.6) is 0 Å². The lowest BCUT2D eigenvalue weighted by molar-refractivity contribution is -0.0288. The molecule has 0 spiro atoms. The van der Waals surface area contributed by atoms with Crippen LogP contribution in [0.15, 0.2) is 53.4 Å². The largest absolute Gasteiger partial charge is 0.370 e. The van der Waals surface area contributed by atoms with Crippen molar-refractivity contribution in [3.8, 4) is 0 Å². The molecule has 0 amide bonds. The minimum Gasteiger partial charge on any atom is -0.370 e. The highest BCUT2D eigenvalue weighted by molar-refractivity contribution is 7.89. The molecule has 2 unspecified atom stereocenters. The maximum atomic E-state index is 13.2. The van der Waals surface area contributed by atoms with Gasteiger partial charge in [-0.1, -0.05) is 42.0 Å². The number of benzene rings is 2. The first-order chi connectivity index (χ1) is 12.3. The summed E-state index contributed by atoms with van der Waals surface area (Å²) in [6.07, 6.45) is -0.308. The first-order valence-electron chi connectivity index (χ1n) is 8.60. The molecule has 2 aromatic carbocycles. The Kier molecular flexibility index (Phi) is 5.27. The van der Waals surface area contributed by atoms with Crippen LogP contribution < -0.4 is 0 Å². The summed E-state index contributed by atoms with van der Waals surface area (Å²) in [5, 5.41) is 0. The number of aryl methyl sites for hydroxylation is 1. The van der Waals surface area contributed by atoms with E-state index in [1.54, 1.807) is 12.1 Å². The van der Waals surface area contributed by atoms with Crippen LogP contribution in [0.2, 0.25) is 0 Å². The molecule has 1 aliphatic rings. The fraction of sp³-hybridized carbons (Fsp3) is 0.350. The quantitative estimate of drug-likeness (QED) is 0.771. The molecule has 1 saturated heterocycles. The van der Waals surface area contributed by atoms with Gasteiger partial charge in [0, 0.05) is 18.2 Å². The lowest BCUT2D eigenvalue weighted by Crippen LogP contribution is -2.48. The minimum absolute atomic E-state index is 0.140. The van der Waals surface area contributed by atoms with Crippen LogP contribution in [0.25, 0.3) is 0 Å². The van der Waals surface area contributed by atoms with Gasteiger partial charge in [-0.25, -0.2) is 8.42 Å². The molecule has 0 bridgehead atoms. The van der Waals surface area contributed by atoms with E-state index in [1.807, 2.05) is 38.1 Å². The summed E-state index contributed by atoms with van der Waals surface area (Å²) >= 11 is 0. The number of hydrogen-bond acceptors (Lipinski definition) is 4. The zero-order valence-electron chi connectivity index (χ0n) is 15.2. The van der Waals surface area contributed by atoms with Gasteiger partial charge in [0.05, 0.1) is 17.6 Å². The Balaban J connectivity index is 1.91. The van der Waals surface area contributed by atoms with Gasteiger partial charge < -0.3 is 4.74 Å². The standard InChI is InChI=1S/C20H23NO4S/c1-14-7-9-17(10-8-14)20-12-21(15(2)13-25-20)26(23,24)19-6-4-5-18(11-19)16(3)22/h4-11,15,20H,12-13H2,1-3H3. The predicted molar refractivity (Wildman–Crippen MR) is 99.7 cm³/mol. The van der Waals surface area contributed by atoms with Crippen LogP contribution in [0.3, 0.4) is 0 Å². The molecular weight excluding hydrogens is 350 g/mol. The molecule has 138 valence electrons. The van der Waals surface area contributed by atoms with Gasteiger partial charge in [-0.05, 0) is 38.5 Å². The van der Waals surface area contributed by atoms with Crippen LogP contribution in [0.1, 0.15) is 41.4 Å². The molecule has 1 heterocycles. The van der Waals surface area contributed by atoms with Crippen molar-refractivity contribution in [3.63, 3.8) is 0 Å². The van der Waals surface area contributed by atoms with Gasteiger partial charge in [-0.3, -0.25) is 4.79 Å². The lowest BCUT2D eigenvalue weighted by atomic mass is 10.1. The van der Waals surface area contributed by atoms with Crippen molar-refractivity contribution in [2.75, 3.05) is 13.2 Å². The topological polar surface area (TPSA) is 63.7 Å². The Labute approximate surface area is 154 Å². The van der Waals surface area contributed by atoms with Gasteiger partial charge in [-0.15, -0.1) is 0 Å². The van der Waals surface area contributed by atoms with E-state index in [0.29, 0.717) is 12.2 Å². The van der Waals surface area contributed by atoms with Gasteiger partial charge in [0.2, 0.25) is 10.0 Å². The average Bonchev–Trinajstić information content (AvgIpc) is 2.63. The molecule has 0 saturated carbocycles. The lowest BCUT2D eigenvalue weighted by Gasteiger charge is -2.37. The van der Waals surface area contributed by atoms with Crippen LogP contribution in [-0.2, 0) is 14.8 Å². The molecule has 5 nitrogen and oxygen atoms in total. The number of Topliss-reactive ketones (excluding diaryl/α,β-unsaturated/α-hetero) is 1. The molecular formula is C20H23NO4S. The molecule has 6 heteroatoms. The van der Waals surface area contributed by atoms with E-state index in [9.17, 15) is 13.2 Å². The number of carbonyl (C=O) groups is 1. The van der Waals surface area contributed by atoms with Crippen molar-refractivity contribution >= 4 is 15.8 Å². The molecule has 0 N–H and O–H groups in total. The van der Waals surface area contributed by atoms with Gasteiger partial charge in [0.15, 0.2) is 5.78 Å². The van der Waals surface area contributed by atoms with Gasteiger partial charge in [0.25, 0.3) is 0 Å². The molecule has 0 aliphatic carbocycles. The van der Waals surface area contributed by atoms with E-state index in [4.69, 9.17) is 4.74 Å². The number of ketones is 1. The Morgan fingerprint density at radius 2 is 1.85 bits per heavy atom. The third kappa shape index (κ3) is 3.72. The summed E-state index contributed by atoms with van der Waals surface area (Å²) in [7, 11) is -3.72. The van der Waals surface area contributed by atoms with Gasteiger partial charge in [-0.2, -0.15) is 4.31 Å². The fourth-order valence-corrected chi connectivity index (χ4v) is 4.73. The van der Waals surface area contributed by atoms with E-state index >= 15 is 0 Å². The molecule has 3 rings (SSSR count). The van der Waals surface area contributed by atoms with Crippen molar-refractivity contribution < 1.29 is 17.9 Å². The average molecular weight is 373 g/mol. The Morgan fingerprint density at radius 3 is 2.50 bits per heavy atom. The maximum absolute atomic E-state index is 13.2. The van der Waals surface area contributed by atoms with Crippen LogP contribution in [0, 0.1) is 6.92 Å². The van der Waals surface area contributed by atoms with E-state index in [2.05, 4.69) is 0 Å². The Bertz CT molecular complexity index is 906. The highest BCUT2D eigenvalue weighted by Crippen LogP contribution is 2.30. The van der Waals surface area contributed by atoms with Crippen molar-refractivity contribution in [1.29, 1.82) is 0 Å². The van der Waals surface area contributed by atoms with Crippen molar-refractivity contribution in [1.82, 2.24) is 4.31 Å². The summed E-state index contributed by atoms with van der Waals surface area (Å²) < 4.78 is 33.7. The molecule has 1 aliphatic heterocycles. The first-order valence-corrected chi connectivity index (χ1v) is 10.0. The maximum Gasteiger partial charge on any atom is 0.243 e. The van der Waals surface area contributed by atoms with Crippen LogP contribution in [0.4, 0.5) is 0 Å². The second-order valence-corrected chi connectivity index (χ2v) is 8.63. The van der Waals surface area contributed by atoms with Crippen LogP contribution in [-0.4, -0.2) is 37.7 Å². The van der Waals surface area contributed by atoms with Gasteiger partial charge in [0.1, 0.15) is 0 Å². The summed E-state index contributed by atoms with van der Waals surface area (Å²) in [6, 6.07) is 13.9. The molecule has 2 atom stereocenters. The van der Waals surface area contributed by atoms with Crippen LogP contribution >= 0.6 is 0 Å². The summed E-state index contributed by atoms with van der Waals surface area (Å²) in [4.78, 5) is 11.7. The minimum atomic E-state index is -3.72. The highest BCUT2D eigenvalue weighted by Gasteiger charge is 2.36. The third-order valence-corrected chi connectivity index (χ3v) is 6.65. The molecule has 26 heavy (non-hydrogen) atoms. The monoisotopic (exact) mass is 373 g/mol. The number of rotatable bonds is 4. The van der Waals surface area contributed by atoms with Crippen molar-refractivity contribution in [2.45, 2.75) is 37.8 Å². The number of ether oxygens (including phenoxy) is 1. The van der Waals surface area contributed by atoms with Gasteiger partial charge >= 0.3 is 0 Å². The SMILES string of the molecule is CC(=O)c1cccc(S(=O)(=O)N2CC(c3ccc(C)cc3)OCC2C)c1. The highest BCUT2D eigenvalue weighted by atomic mass is 32.2. The van der Waals surface area contributed by atoms with E-state index in [1.165, 1.54) is 23.4 Å². The zero-order valence-corrected chi connectivity index (χ0v) is 16.0. The number of carbonyl (C=O) groups excluding carboxylic acids is 1. The zero-order chi connectivity index (χ0) is 18.9. The number of sulfonamides is 1.